The number of hydrogen-bond donors (Lipinski definition) is 2. The molecule has 0 bridgehead atoms. The topological polar surface area (TPSA) is 76.1 Å². The maximum atomic E-state index is 13.1. The molecule has 0 fully saturated rings. The molecule has 6 nitrogen and oxygen atoms in total. The molecule has 0 unspecified atom stereocenters. The molecule has 0 radical (unpaired) electrons. The van der Waals surface area contributed by atoms with Crippen molar-refractivity contribution in [2.75, 3.05) is 17.7 Å². The Morgan fingerprint density at radius 1 is 0.885 bits per heavy atom. The first kappa shape index (κ1) is 17.3. The molecular weight excluding hydrogens is 342 g/mol. The maximum Gasteiger partial charge on any atom is 0.323 e. The highest BCUT2D eigenvalue weighted by molar-refractivity contribution is 5.99. The van der Waals surface area contributed by atoms with Crippen molar-refractivity contribution in [2.24, 2.45) is 0 Å². The number of amides is 2. The zero-order valence-electron chi connectivity index (χ0n) is 13.7. The van der Waals surface area contributed by atoms with Gasteiger partial charge in [0.15, 0.2) is 11.6 Å². The second-order valence-corrected chi connectivity index (χ2v) is 5.25. The lowest BCUT2D eigenvalue weighted by Crippen LogP contribution is -2.19. The number of nitrogens with one attached hydrogen (secondary N) is 2. The summed E-state index contributed by atoms with van der Waals surface area (Å²) in [5, 5.41) is 13.0. The van der Waals surface area contributed by atoms with Crippen LogP contribution in [0.4, 0.5) is 25.0 Å². The Balaban J connectivity index is 1.64. The van der Waals surface area contributed by atoms with Crippen LogP contribution in [0.1, 0.15) is 0 Å². The quantitative estimate of drug-likeness (QED) is 0.739. The van der Waals surface area contributed by atoms with E-state index in [0.717, 1.165) is 17.7 Å². The molecule has 0 aliphatic rings. The highest BCUT2D eigenvalue weighted by Gasteiger charge is 2.07. The molecule has 26 heavy (non-hydrogen) atoms. The Labute approximate surface area is 147 Å². The van der Waals surface area contributed by atoms with Gasteiger partial charge < -0.3 is 15.4 Å². The number of halogens is 2. The lowest BCUT2D eigenvalue weighted by Gasteiger charge is -2.08. The van der Waals surface area contributed by atoms with Crippen LogP contribution in [0, 0.1) is 11.6 Å². The molecule has 1 aromatic heterocycles. The van der Waals surface area contributed by atoms with Gasteiger partial charge in [0.2, 0.25) is 5.88 Å². The fourth-order valence-electron chi connectivity index (χ4n) is 2.17. The van der Waals surface area contributed by atoms with Crippen LogP contribution in [-0.4, -0.2) is 23.3 Å². The van der Waals surface area contributed by atoms with E-state index in [1.54, 1.807) is 36.4 Å². The number of methoxy groups -OCH3 is 1. The number of carbonyl (C=O) groups is 1. The average Bonchev–Trinajstić information content (AvgIpc) is 2.65. The van der Waals surface area contributed by atoms with Gasteiger partial charge in [-0.1, -0.05) is 12.1 Å². The summed E-state index contributed by atoms with van der Waals surface area (Å²) in [6, 6.07) is 12.9. The Morgan fingerprint density at radius 3 is 2.19 bits per heavy atom. The van der Waals surface area contributed by atoms with Crippen LogP contribution in [0.5, 0.6) is 5.88 Å². The van der Waals surface area contributed by atoms with Gasteiger partial charge in [0.1, 0.15) is 0 Å². The number of rotatable bonds is 4. The molecule has 0 saturated heterocycles. The predicted octanol–water partition coefficient (Wildman–Crippen LogP) is 4.07. The third-order valence-electron chi connectivity index (χ3n) is 3.47. The van der Waals surface area contributed by atoms with E-state index in [0.29, 0.717) is 17.3 Å². The third kappa shape index (κ3) is 4.10. The first-order valence-corrected chi connectivity index (χ1v) is 7.56. The first-order chi connectivity index (χ1) is 12.5. The Hall–Kier alpha value is -3.55. The molecule has 0 spiro atoms. The normalized spacial score (nSPS) is 10.3. The fraction of sp³-hybridized carbons (Fsp3) is 0.0556. The predicted molar refractivity (Wildman–Crippen MR) is 93.0 cm³/mol. The summed E-state index contributed by atoms with van der Waals surface area (Å²) in [7, 11) is 1.51. The first-order valence-electron chi connectivity index (χ1n) is 7.56. The van der Waals surface area contributed by atoms with Crippen molar-refractivity contribution >= 4 is 17.4 Å². The Bertz CT molecular complexity index is 915. The van der Waals surface area contributed by atoms with Crippen molar-refractivity contribution < 1.29 is 18.3 Å². The van der Waals surface area contributed by atoms with Crippen molar-refractivity contribution in [3.05, 3.63) is 66.2 Å². The SMILES string of the molecule is COc1ccc(-c2ccc(NC(=O)Nc3ccc(F)c(F)c3)cc2)nn1. The summed E-state index contributed by atoms with van der Waals surface area (Å²) >= 11 is 0. The number of ether oxygens (including phenoxy) is 1. The monoisotopic (exact) mass is 356 g/mol. The Kier molecular flexibility index (Phi) is 5.02. The number of nitrogens with zero attached hydrogens (tertiary/aromatic N) is 2. The molecule has 132 valence electrons. The van der Waals surface area contributed by atoms with E-state index >= 15 is 0 Å². The van der Waals surface area contributed by atoms with Gasteiger partial charge in [-0.15, -0.1) is 10.2 Å². The third-order valence-corrected chi connectivity index (χ3v) is 3.47. The minimum atomic E-state index is -1.03. The van der Waals surface area contributed by atoms with Crippen molar-refractivity contribution in [3.63, 3.8) is 0 Å². The maximum absolute atomic E-state index is 13.1. The minimum absolute atomic E-state index is 0.145. The highest BCUT2D eigenvalue weighted by Crippen LogP contribution is 2.20. The van der Waals surface area contributed by atoms with Gasteiger partial charge in [-0.3, -0.25) is 0 Å². The molecule has 3 rings (SSSR count). The summed E-state index contributed by atoms with van der Waals surface area (Å²) in [4.78, 5) is 11.9. The summed E-state index contributed by atoms with van der Waals surface area (Å²) in [5.41, 5.74) is 2.14. The van der Waals surface area contributed by atoms with Gasteiger partial charge in [0, 0.05) is 29.1 Å². The zero-order chi connectivity index (χ0) is 18.5. The van der Waals surface area contributed by atoms with Crippen LogP contribution >= 0.6 is 0 Å². The Morgan fingerprint density at radius 2 is 1.58 bits per heavy atom. The van der Waals surface area contributed by atoms with Crippen LogP contribution in [0.15, 0.2) is 54.6 Å². The number of anilines is 2. The minimum Gasteiger partial charge on any atom is -0.480 e. The van der Waals surface area contributed by atoms with Crippen LogP contribution in [0.3, 0.4) is 0 Å². The number of urea groups is 1. The second-order valence-electron chi connectivity index (χ2n) is 5.25. The number of carbonyl (C=O) groups excluding carboxylic acids is 1. The molecule has 3 aromatic rings. The molecule has 0 aliphatic heterocycles. The molecule has 2 amide bonds. The number of aromatic nitrogens is 2. The molecule has 8 heteroatoms. The molecule has 1 heterocycles. The second kappa shape index (κ2) is 7.56. The van der Waals surface area contributed by atoms with Crippen LogP contribution in [-0.2, 0) is 0 Å². The number of benzene rings is 2. The van der Waals surface area contributed by atoms with Crippen molar-refractivity contribution in [2.45, 2.75) is 0 Å². The van der Waals surface area contributed by atoms with Crippen LogP contribution in [0.2, 0.25) is 0 Å². The van der Waals surface area contributed by atoms with E-state index in [1.165, 1.54) is 13.2 Å². The van der Waals surface area contributed by atoms with E-state index in [1.807, 2.05) is 0 Å². The standard InChI is InChI=1S/C18H14F2N4O2/c1-26-17-9-8-16(23-24-17)11-2-4-12(5-3-11)21-18(25)22-13-6-7-14(19)15(20)10-13/h2-10H,1H3,(H2,21,22,25). The molecule has 2 N–H and O–H groups in total. The highest BCUT2D eigenvalue weighted by atomic mass is 19.2. The molecule has 0 saturated carbocycles. The van der Waals surface area contributed by atoms with Crippen LogP contribution in [0.25, 0.3) is 11.3 Å². The number of hydrogen-bond acceptors (Lipinski definition) is 4. The molecular formula is C18H14F2N4O2. The summed E-state index contributed by atoms with van der Waals surface area (Å²) in [6.45, 7) is 0. The van der Waals surface area contributed by atoms with Gasteiger partial charge in [0.25, 0.3) is 0 Å². The van der Waals surface area contributed by atoms with Gasteiger partial charge in [-0.25, -0.2) is 13.6 Å². The van der Waals surface area contributed by atoms with Crippen LogP contribution < -0.4 is 15.4 Å². The van der Waals surface area contributed by atoms with Crippen molar-refractivity contribution in [3.8, 4) is 17.1 Å². The molecule has 0 aliphatic carbocycles. The van der Waals surface area contributed by atoms with Gasteiger partial charge in [-0.05, 0) is 30.3 Å². The van der Waals surface area contributed by atoms with Crippen molar-refractivity contribution in [1.29, 1.82) is 0 Å². The summed E-state index contributed by atoms with van der Waals surface area (Å²) < 4.78 is 31.0. The lowest BCUT2D eigenvalue weighted by molar-refractivity contribution is 0.262. The average molecular weight is 356 g/mol. The smallest absolute Gasteiger partial charge is 0.323 e. The van der Waals surface area contributed by atoms with E-state index in [9.17, 15) is 13.6 Å². The molecule has 0 atom stereocenters. The summed E-state index contributed by atoms with van der Waals surface area (Å²) in [5.74, 6) is -1.60. The van der Waals surface area contributed by atoms with E-state index in [-0.39, 0.29) is 5.69 Å². The molecule has 2 aromatic carbocycles. The van der Waals surface area contributed by atoms with E-state index in [4.69, 9.17) is 4.74 Å². The van der Waals surface area contributed by atoms with E-state index in [2.05, 4.69) is 20.8 Å². The fourth-order valence-corrected chi connectivity index (χ4v) is 2.17. The lowest BCUT2D eigenvalue weighted by atomic mass is 10.1. The van der Waals surface area contributed by atoms with Gasteiger partial charge in [0.05, 0.1) is 12.8 Å². The van der Waals surface area contributed by atoms with E-state index < -0.39 is 17.7 Å². The van der Waals surface area contributed by atoms with Gasteiger partial charge in [-0.2, -0.15) is 0 Å². The van der Waals surface area contributed by atoms with Gasteiger partial charge >= 0.3 is 6.03 Å². The zero-order valence-corrected chi connectivity index (χ0v) is 13.7. The van der Waals surface area contributed by atoms with Crippen molar-refractivity contribution in [1.82, 2.24) is 10.2 Å². The summed E-state index contributed by atoms with van der Waals surface area (Å²) in [6.07, 6.45) is 0. The largest absolute Gasteiger partial charge is 0.480 e.